The molecule has 0 aliphatic rings. The fraction of sp³-hybridized carbons (Fsp3) is 0.533. The fourth-order valence-corrected chi connectivity index (χ4v) is 1.86. The number of nitrogens with zero attached hydrogens (tertiary/aromatic N) is 1. The van der Waals surface area contributed by atoms with Gasteiger partial charge >= 0.3 is 0 Å². The molecule has 3 nitrogen and oxygen atoms in total. The molecule has 1 amide bonds. The minimum atomic E-state index is -0.646. The second-order valence-electron chi connectivity index (χ2n) is 5.20. The minimum Gasteiger partial charge on any atom is -0.386 e. The summed E-state index contributed by atoms with van der Waals surface area (Å²) < 4.78 is 0. The number of hydrogen-bond donors (Lipinski definition) is 1. The molecule has 1 rings (SSSR count). The van der Waals surface area contributed by atoms with Gasteiger partial charge < -0.3 is 10.0 Å². The topological polar surface area (TPSA) is 40.5 Å². The number of hydrogen-bond acceptors (Lipinski definition) is 2. The van der Waals surface area contributed by atoms with Gasteiger partial charge in [0.05, 0.1) is 12.1 Å². The van der Waals surface area contributed by atoms with Gasteiger partial charge in [-0.15, -0.1) is 0 Å². The van der Waals surface area contributed by atoms with Crippen LogP contribution < -0.4 is 0 Å². The molecule has 0 radical (unpaired) electrons. The van der Waals surface area contributed by atoms with Gasteiger partial charge in [0.15, 0.2) is 0 Å². The van der Waals surface area contributed by atoms with Crippen molar-refractivity contribution in [3.63, 3.8) is 0 Å². The molecule has 0 saturated carbocycles. The number of benzene rings is 1. The predicted molar refractivity (Wildman–Crippen MR) is 73.1 cm³/mol. The summed E-state index contributed by atoms with van der Waals surface area (Å²) in [6.07, 6.45) is -0.130. The number of aliphatic hydroxyl groups is 1. The van der Waals surface area contributed by atoms with Crippen LogP contribution in [0.25, 0.3) is 0 Å². The zero-order valence-electron chi connectivity index (χ0n) is 11.6. The van der Waals surface area contributed by atoms with Crippen molar-refractivity contribution in [2.24, 2.45) is 5.92 Å². The van der Waals surface area contributed by atoms with E-state index >= 15 is 0 Å². The Balaban J connectivity index is 2.69. The van der Waals surface area contributed by atoms with E-state index in [1.165, 1.54) is 0 Å². The molecular formula is C15H23NO2. The summed E-state index contributed by atoms with van der Waals surface area (Å²) in [5, 5.41) is 10.2. The Morgan fingerprint density at radius 2 is 1.78 bits per heavy atom. The monoisotopic (exact) mass is 249 g/mol. The number of aliphatic hydroxyl groups excluding tert-OH is 1. The van der Waals surface area contributed by atoms with Crippen LogP contribution in [0.5, 0.6) is 0 Å². The first kappa shape index (κ1) is 14.7. The van der Waals surface area contributed by atoms with Crippen LogP contribution in [-0.2, 0) is 4.79 Å². The van der Waals surface area contributed by atoms with Crippen molar-refractivity contribution >= 4 is 5.91 Å². The average Bonchev–Trinajstić information content (AvgIpc) is 2.36. The zero-order chi connectivity index (χ0) is 13.7. The van der Waals surface area contributed by atoms with Crippen LogP contribution in [0.2, 0.25) is 0 Å². The molecule has 3 heteroatoms. The van der Waals surface area contributed by atoms with E-state index in [9.17, 15) is 9.90 Å². The Hall–Kier alpha value is -1.35. The first-order valence-corrected chi connectivity index (χ1v) is 6.42. The second-order valence-corrected chi connectivity index (χ2v) is 5.20. The summed E-state index contributed by atoms with van der Waals surface area (Å²) in [7, 11) is 1.75. The van der Waals surface area contributed by atoms with Crippen LogP contribution in [0.3, 0.4) is 0 Å². The van der Waals surface area contributed by atoms with Gasteiger partial charge in [-0.1, -0.05) is 44.2 Å². The van der Waals surface area contributed by atoms with Crippen LogP contribution in [0.1, 0.15) is 38.9 Å². The smallest absolute Gasteiger partial charge is 0.222 e. The molecule has 0 bridgehead atoms. The second kappa shape index (κ2) is 6.55. The summed E-state index contributed by atoms with van der Waals surface area (Å²) in [4.78, 5) is 13.6. The van der Waals surface area contributed by atoms with Crippen molar-refractivity contribution in [3.05, 3.63) is 35.9 Å². The highest BCUT2D eigenvalue weighted by atomic mass is 16.3. The molecule has 1 aromatic carbocycles. The SMILES string of the molecule is CC(C)CC(=O)N(C)[C@@H](C)[C@@H](O)c1ccccc1. The van der Waals surface area contributed by atoms with Crippen molar-refractivity contribution in [1.82, 2.24) is 4.90 Å². The molecule has 0 aromatic heterocycles. The lowest BCUT2D eigenvalue weighted by Gasteiger charge is -2.29. The van der Waals surface area contributed by atoms with Crippen LogP contribution in [0.4, 0.5) is 0 Å². The molecule has 0 aliphatic heterocycles. The first-order valence-electron chi connectivity index (χ1n) is 6.42. The van der Waals surface area contributed by atoms with Crippen LogP contribution in [0.15, 0.2) is 30.3 Å². The molecule has 18 heavy (non-hydrogen) atoms. The average molecular weight is 249 g/mol. The number of rotatable bonds is 5. The van der Waals surface area contributed by atoms with Crippen molar-refractivity contribution in [1.29, 1.82) is 0 Å². The largest absolute Gasteiger partial charge is 0.386 e. The maximum Gasteiger partial charge on any atom is 0.222 e. The van der Waals surface area contributed by atoms with Gasteiger partial charge in [-0.05, 0) is 18.4 Å². The van der Waals surface area contributed by atoms with Gasteiger partial charge in [0.2, 0.25) is 5.91 Å². The Kier molecular flexibility index (Phi) is 5.35. The molecule has 0 aliphatic carbocycles. The zero-order valence-corrected chi connectivity index (χ0v) is 11.6. The van der Waals surface area contributed by atoms with Crippen LogP contribution >= 0.6 is 0 Å². The highest BCUT2D eigenvalue weighted by Crippen LogP contribution is 2.20. The Labute approximate surface area is 109 Å². The Morgan fingerprint density at radius 1 is 1.22 bits per heavy atom. The number of likely N-dealkylation sites (N-methyl/N-ethyl adjacent to an activating group) is 1. The van der Waals surface area contributed by atoms with E-state index in [0.717, 1.165) is 5.56 Å². The lowest BCUT2D eigenvalue weighted by molar-refractivity contribution is -0.134. The van der Waals surface area contributed by atoms with Gasteiger partial charge in [0.1, 0.15) is 0 Å². The molecule has 0 heterocycles. The minimum absolute atomic E-state index is 0.0764. The summed E-state index contributed by atoms with van der Waals surface area (Å²) in [5.74, 6) is 0.411. The standard InChI is InChI=1S/C15H23NO2/c1-11(2)10-14(17)16(4)12(3)15(18)13-8-6-5-7-9-13/h5-9,11-12,15,18H,10H2,1-4H3/t12-,15+/m0/s1. The van der Waals surface area contributed by atoms with E-state index in [1.807, 2.05) is 51.1 Å². The van der Waals surface area contributed by atoms with E-state index < -0.39 is 6.10 Å². The summed E-state index contributed by atoms with van der Waals surface area (Å²) in [6, 6.07) is 9.22. The van der Waals surface area contributed by atoms with E-state index in [-0.39, 0.29) is 11.9 Å². The third-order valence-electron chi connectivity index (χ3n) is 3.19. The number of carbonyl (C=O) groups excluding carboxylic acids is 1. The van der Waals surface area contributed by atoms with Gasteiger partial charge in [0, 0.05) is 13.5 Å². The number of carbonyl (C=O) groups is 1. The molecule has 1 N–H and O–H groups in total. The first-order chi connectivity index (χ1) is 8.43. The van der Waals surface area contributed by atoms with E-state index in [4.69, 9.17) is 0 Å². The maximum atomic E-state index is 11.9. The summed E-state index contributed by atoms with van der Waals surface area (Å²) >= 11 is 0. The van der Waals surface area contributed by atoms with E-state index in [1.54, 1.807) is 11.9 Å². The quantitative estimate of drug-likeness (QED) is 0.871. The Bertz CT molecular complexity index is 375. The van der Waals surface area contributed by atoms with Crippen molar-refractivity contribution in [2.45, 2.75) is 39.3 Å². The van der Waals surface area contributed by atoms with E-state index in [2.05, 4.69) is 0 Å². The van der Waals surface area contributed by atoms with Crippen molar-refractivity contribution in [3.8, 4) is 0 Å². The molecule has 0 unspecified atom stereocenters. The van der Waals surface area contributed by atoms with Crippen LogP contribution in [0, 0.1) is 5.92 Å². The van der Waals surface area contributed by atoms with E-state index in [0.29, 0.717) is 12.3 Å². The van der Waals surface area contributed by atoms with Crippen molar-refractivity contribution in [2.75, 3.05) is 7.05 Å². The van der Waals surface area contributed by atoms with Gasteiger partial charge in [-0.25, -0.2) is 0 Å². The molecule has 1 aromatic rings. The maximum absolute atomic E-state index is 11.9. The third-order valence-corrected chi connectivity index (χ3v) is 3.19. The lowest BCUT2D eigenvalue weighted by atomic mass is 10.0. The molecule has 100 valence electrons. The molecule has 2 atom stereocenters. The highest BCUT2D eigenvalue weighted by Gasteiger charge is 2.24. The van der Waals surface area contributed by atoms with Gasteiger partial charge in [-0.3, -0.25) is 4.79 Å². The molecule has 0 saturated heterocycles. The molecular weight excluding hydrogens is 226 g/mol. The normalized spacial score (nSPS) is 14.3. The summed E-state index contributed by atoms with van der Waals surface area (Å²) in [6.45, 7) is 5.91. The lowest BCUT2D eigenvalue weighted by Crippen LogP contribution is -2.39. The summed E-state index contributed by atoms with van der Waals surface area (Å²) in [5.41, 5.74) is 0.842. The molecule has 0 fully saturated rings. The third kappa shape index (κ3) is 3.84. The Morgan fingerprint density at radius 3 is 2.28 bits per heavy atom. The fourth-order valence-electron chi connectivity index (χ4n) is 1.86. The van der Waals surface area contributed by atoms with Crippen LogP contribution in [-0.4, -0.2) is 29.0 Å². The predicted octanol–water partition coefficient (Wildman–Crippen LogP) is 2.61. The molecule has 0 spiro atoms. The number of amides is 1. The van der Waals surface area contributed by atoms with Crippen molar-refractivity contribution < 1.29 is 9.90 Å². The van der Waals surface area contributed by atoms with Gasteiger partial charge in [-0.2, -0.15) is 0 Å². The van der Waals surface area contributed by atoms with Gasteiger partial charge in [0.25, 0.3) is 0 Å². The highest BCUT2D eigenvalue weighted by molar-refractivity contribution is 5.76.